The van der Waals surface area contributed by atoms with E-state index in [1.165, 1.54) is 12.8 Å². The van der Waals surface area contributed by atoms with Gasteiger partial charge in [-0.3, -0.25) is 0 Å². The van der Waals surface area contributed by atoms with Gasteiger partial charge in [0.25, 0.3) is 0 Å². The van der Waals surface area contributed by atoms with Crippen molar-refractivity contribution in [1.82, 2.24) is 9.97 Å². The normalized spacial score (nSPS) is 16.0. The summed E-state index contributed by atoms with van der Waals surface area (Å²) in [5.41, 5.74) is 2.27. The molecule has 1 fully saturated rings. The van der Waals surface area contributed by atoms with E-state index in [0.29, 0.717) is 11.6 Å². The summed E-state index contributed by atoms with van der Waals surface area (Å²) < 4.78 is 0. The molecule has 0 bridgehead atoms. The number of hydrogen-bond donors (Lipinski definition) is 1. The van der Waals surface area contributed by atoms with Crippen molar-refractivity contribution in [1.29, 1.82) is 0 Å². The van der Waals surface area contributed by atoms with Gasteiger partial charge in [0.2, 0.25) is 0 Å². The largest absolute Gasteiger partial charge is 0.342 e. The fourth-order valence-electron chi connectivity index (χ4n) is 1.62. The Hall–Kier alpha value is -1.71. The van der Waals surface area contributed by atoms with Crippen LogP contribution in [0.15, 0.2) is 23.4 Å². The van der Waals surface area contributed by atoms with Crippen LogP contribution in [0.1, 0.15) is 24.6 Å². The first-order valence-electron chi connectivity index (χ1n) is 4.70. The predicted molar refractivity (Wildman–Crippen MR) is 53.5 cm³/mol. The minimum absolute atomic E-state index is 0.448. The molecular formula is C10H9N3O. The minimum Gasteiger partial charge on any atom is -0.342 e. The van der Waals surface area contributed by atoms with E-state index in [1.54, 1.807) is 12.1 Å². The van der Waals surface area contributed by atoms with E-state index in [-0.39, 0.29) is 0 Å². The molecule has 2 aromatic rings. The van der Waals surface area contributed by atoms with Crippen molar-refractivity contribution in [3.05, 3.63) is 28.9 Å². The van der Waals surface area contributed by atoms with E-state index >= 15 is 0 Å². The minimum atomic E-state index is 0.448. The van der Waals surface area contributed by atoms with E-state index < -0.39 is 0 Å². The Morgan fingerprint density at radius 1 is 1.43 bits per heavy atom. The first-order chi connectivity index (χ1) is 6.86. The zero-order valence-electron chi connectivity index (χ0n) is 7.53. The third kappa shape index (κ3) is 1.11. The van der Waals surface area contributed by atoms with Crippen molar-refractivity contribution in [2.75, 3.05) is 0 Å². The van der Waals surface area contributed by atoms with Crippen LogP contribution < -0.4 is 0 Å². The molecule has 0 spiro atoms. The number of aromatic amines is 1. The maximum atomic E-state index is 10.3. The van der Waals surface area contributed by atoms with Crippen LogP contribution in [0.4, 0.5) is 5.69 Å². The van der Waals surface area contributed by atoms with Gasteiger partial charge in [0.1, 0.15) is 11.5 Å². The zero-order valence-corrected chi connectivity index (χ0v) is 7.53. The van der Waals surface area contributed by atoms with Crippen LogP contribution in [-0.4, -0.2) is 9.97 Å². The van der Waals surface area contributed by atoms with Gasteiger partial charge in [-0.15, -0.1) is 4.91 Å². The summed E-state index contributed by atoms with van der Waals surface area (Å²) in [5.74, 6) is 1.65. The van der Waals surface area contributed by atoms with Crippen LogP contribution in [0.2, 0.25) is 0 Å². The van der Waals surface area contributed by atoms with Crippen molar-refractivity contribution in [3.8, 4) is 0 Å². The number of nitrogens with zero attached hydrogens (tertiary/aromatic N) is 2. The highest BCUT2D eigenvalue weighted by molar-refractivity contribution is 5.78. The lowest BCUT2D eigenvalue weighted by Gasteiger charge is -1.87. The molecule has 0 unspecified atom stereocenters. The van der Waals surface area contributed by atoms with Crippen molar-refractivity contribution in [2.45, 2.75) is 18.8 Å². The molecule has 1 N–H and O–H groups in total. The molecule has 4 heteroatoms. The molecule has 0 aliphatic heterocycles. The summed E-state index contributed by atoms with van der Waals surface area (Å²) in [7, 11) is 0. The summed E-state index contributed by atoms with van der Waals surface area (Å²) in [6.45, 7) is 0. The van der Waals surface area contributed by atoms with Crippen molar-refractivity contribution < 1.29 is 0 Å². The van der Waals surface area contributed by atoms with E-state index in [2.05, 4.69) is 15.1 Å². The summed E-state index contributed by atoms with van der Waals surface area (Å²) in [4.78, 5) is 18.0. The molecule has 0 radical (unpaired) electrons. The first kappa shape index (κ1) is 7.67. The van der Waals surface area contributed by atoms with E-state index in [1.807, 2.05) is 6.07 Å². The third-order valence-electron chi connectivity index (χ3n) is 2.55. The molecule has 70 valence electrons. The summed E-state index contributed by atoms with van der Waals surface area (Å²) in [6.07, 6.45) is 2.44. The summed E-state index contributed by atoms with van der Waals surface area (Å²) in [6, 6.07) is 5.25. The molecular weight excluding hydrogens is 178 g/mol. The van der Waals surface area contributed by atoms with Gasteiger partial charge in [0.15, 0.2) is 0 Å². The maximum absolute atomic E-state index is 10.3. The maximum Gasteiger partial charge on any atom is 0.110 e. The number of benzene rings is 1. The second-order valence-corrected chi connectivity index (χ2v) is 3.69. The number of fused-ring (bicyclic) bond motifs is 1. The molecule has 0 saturated heterocycles. The van der Waals surface area contributed by atoms with Crippen molar-refractivity contribution in [2.24, 2.45) is 5.18 Å². The van der Waals surface area contributed by atoms with Gasteiger partial charge in [0, 0.05) is 5.92 Å². The van der Waals surface area contributed by atoms with Gasteiger partial charge in [-0.1, -0.05) is 0 Å². The molecule has 1 aliphatic rings. The molecule has 1 saturated carbocycles. The number of hydrogen-bond acceptors (Lipinski definition) is 3. The van der Waals surface area contributed by atoms with Crippen LogP contribution in [0, 0.1) is 4.91 Å². The lowest BCUT2D eigenvalue weighted by Crippen LogP contribution is -1.79. The summed E-state index contributed by atoms with van der Waals surface area (Å²) >= 11 is 0. The third-order valence-corrected chi connectivity index (χ3v) is 2.55. The van der Waals surface area contributed by atoms with Crippen molar-refractivity contribution in [3.63, 3.8) is 0 Å². The Morgan fingerprint density at radius 2 is 2.29 bits per heavy atom. The van der Waals surface area contributed by atoms with Crippen LogP contribution in [0.25, 0.3) is 11.0 Å². The van der Waals surface area contributed by atoms with Gasteiger partial charge in [-0.2, -0.15) is 0 Å². The SMILES string of the molecule is O=Nc1ccc2nc(C3CC3)[nH]c2c1. The zero-order chi connectivity index (χ0) is 9.54. The number of imidazole rings is 1. The molecule has 4 nitrogen and oxygen atoms in total. The molecule has 3 rings (SSSR count). The monoisotopic (exact) mass is 187 g/mol. The molecule has 1 aliphatic carbocycles. The topological polar surface area (TPSA) is 58.1 Å². The molecule has 1 aromatic heterocycles. The van der Waals surface area contributed by atoms with Gasteiger partial charge in [-0.05, 0) is 36.2 Å². The van der Waals surface area contributed by atoms with E-state index in [0.717, 1.165) is 16.9 Å². The Balaban J connectivity index is 2.17. The van der Waals surface area contributed by atoms with E-state index in [9.17, 15) is 4.91 Å². The Morgan fingerprint density at radius 3 is 3.00 bits per heavy atom. The fourth-order valence-corrected chi connectivity index (χ4v) is 1.62. The lowest BCUT2D eigenvalue weighted by atomic mass is 10.3. The fraction of sp³-hybridized carbons (Fsp3) is 0.300. The van der Waals surface area contributed by atoms with Gasteiger partial charge < -0.3 is 4.98 Å². The Labute approximate surface area is 80.3 Å². The van der Waals surface area contributed by atoms with Gasteiger partial charge >= 0.3 is 0 Å². The Bertz CT molecular complexity index is 499. The second-order valence-electron chi connectivity index (χ2n) is 3.69. The Kier molecular flexibility index (Phi) is 1.45. The number of rotatable bonds is 2. The quantitative estimate of drug-likeness (QED) is 0.735. The number of aromatic nitrogens is 2. The van der Waals surface area contributed by atoms with Crippen LogP contribution >= 0.6 is 0 Å². The molecule has 14 heavy (non-hydrogen) atoms. The smallest absolute Gasteiger partial charge is 0.110 e. The van der Waals surface area contributed by atoms with Gasteiger partial charge in [0.05, 0.1) is 11.0 Å². The second kappa shape index (κ2) is 2.64. The molecule has 1 heterocycles. The molecule has 0 amide bonds. The van der Waals surface area contributed by atoms with Crippen LogP contribution in [0.5, 0.6) is 0 Å². The highest BCUT2D eigenvalue weighted by atomic mass is 16.3. The average molecular weight is 187 g/mol. The van der Waals surface area contributed by atoms with E-state index in [4.69, 9.17) is 0 Å². The highest BCUT2D eigenvalue weighted by Gasteiger charge is 2.26. The summed E-state index contributed by atoms with van der Waals surface area (Å²) in [5, 5.41) is 2.89. The average Bonchev–Trinajstić information content (AvgIpc) is 2.97. The predicted octanol–water partition coefficient (Wildman–Crippen LogP) is 2.84. The van der Waals surface area contributed by atoms with Crippen LogP contribution in [0.3, 0.4) is 0 Å². The number of nitroso groups, excluding NO2 is 1. The van der Waals surface area contributed by atoms with Crippen molar-refractivity contribution >= 4 is 16.7 Å². The lowest BCUT2D eigenvalue weighted by molar-refractivity contribution is 0.986. The number of nitrogens with one attached hydrogen (secondary N) is 1. The van der Waals surface area contributed by atoms with Crippen LogP contribution in [-0.2, 0) is 0 Å². The first-order valence-corrected chi connectivity index (χ1v) is 4.70. The number of H-pyrrole nitrogens is 1. The molecule has 1 aromatic carbocycles. The van der Waals surface area contributed by atoms with Gasteiger partial charge in [-0.25, -0.2) is 4.98 Å². The highest BCUT2D eigenvalue weighted by Crippen LogP contribution is 2.39. The standard InChI is InChI=1S/C10H9N3O/c14-13-7-3-4-8-9(5-7)12-10(11-8)6-1-2-6/h3-6H,1-2H2,(H,11,12). The molecule has 0 atom stereocenters.